The van der Waals surface area contributed by atoms with E-state index < -0.39 is 4.92 Å². The molecule has 0 fully saturated rings. The Kier molecular flexibility index (Phi) is 7.95. The van der Waals surface area contributed by atoms with E-state index in [1.54, 1.807) is 0 Å². The molecule has 0 saturated carbocycles. The van der Waals surface area contributed by atoms with Gasteiger partial charge in [0.2, 0.25) is 11.0 Å². The molecule has 2 aromatic carbocycles. The van der Waals surface area contributed by atoms with Crippen LogP contribution in [0.2, 0.25) is 0 Å². The maximum absolute atomic E-state index is 12.8. The van der Waals surface area contributed by atoms with E-state index in [1.807, 2.05) is 30.3 Å². The molecule has 32 heavy (non-hydrogen) atoms. The molecule has 0 unspecified atom stereocenters. The van der Waals surface area contributed by atoms with E-state index >= 15 is 0 Å². The van der Waals surface area contributed by atoms with E-state index in [2.05, 4.69) is 15.5 Å². The molecule has 0 atom stereocenters. The molecule has 166 valence electrons. The number of nitro benzene ring substituents is 1. The quantitative estimate of drug-likeness (QED) is 0.367. The zero-order valence-corrected chi connectivity index (χ0v) is 18.1. The van der Waals surface area contributed by atoms with E-state index in [-0.39, 0.29) is 43.6 Å². The fourth-order valence-electron chi connectivity index (χ4n) is 2.81. The Morgan fingerprint density at radius 2 is 1.81 bits per heavy atom. The van der Waals surface area contributed by atoms with Crippen LogP contribution < -0.4 is 5.32 Å². The van der Waals surface area contributed by atoms with Crippen LogP contribution in [0, 0.1) is 10.1 Å². The van der Waals surface area contributed by atoms with E-state index in [9.17, 15) is 19.7 Å². The first-order valence-electron chi connectivity index (χ1n) is 9.69. The van der Waals surface area contributed by atoms with Crippen molar-refractivity contribution < 1.29 is 19.2 Å². The minimum absolute atomic E-state index is 0.0443. The lowest BCUT2D eigenvalue weighted by Crippen LogP contribution is -2.36. The number of non-ortho nitro benzene ring substituents is 1. The number of aromatic nitrogens is 2. The van der Waals surface area contributed by atoms with Gasteiger partial charge in [0.15, 0.2) is 0 Å². The highest BCUT2D eigenvalue weighted by molar-refractivity contribution is 7.18. The Balaban J connectivity index is 1.59. The number of anilines is 1. The molecule has 1 N–H and O–H groups in total. The number of nitrogens with zero attached hydrogens (tertiary/aromatic N) is 4. The molecule has 3 rings (SSSR count). The monoisotopic (exact) mass is 455 g/mol. The lowest BCUT2D eigenvalue weighted by molar-refractivity contribution is -0.384. The Bertz CT molecular complexity index is 1070. The number of ether oxygens (including phenoxy) is 1. The number of amides is 2. The Hall–Kier alpha value is -3.70. The largest absolute Gasteiger partial charge is 0.383 e. The number of rotatable bonds is 10. The van der Waals surface area contributed by atoms with E-state index in [0.29, 0.717) is 15.7 Å². The number of nitrogens with one attached hydrogen (secondary N) is 1. The Morgan fingerprint density at radius 1 is 1.09 bits per heavy atom. The molecular formula is C21H21N5O5S. The highest BCUT2D eigenvalue weighted by Crippen LogP contribution is 2.26. The molecule has 11 heteroatoms. The number of nitro groups is 1. The van der Waals surface area contributed by atoms with Crippen LogP contribution in [0.25, 0.3) is 10.6 Å². The van der Waals surface area contributed by atoms with Gasteiger partial charge in [-0.25, -0.2) is 0 Å². The number of hydrogen-bond donors (Lipinski definition) is 1. The van der Waals surface area contributed by atoms with E-state index in [4.69, 9.17) is 4.74 Å². The summed E-state index contributed by atoms with van der Waals surface area (Å²) in [5, 5.41) is 22.7. The topological polar surface area (TPSA) is 128 Å². The van der Waals surface area contributed by atoms with Gasteiger partial charge in [-0.1, -0.05) is 41.7 Å². The molecular weight excluding hydrogens is 434 g/mol. The molecule has 0 radical (unpaired) electrons. The first-order valence-corrected chi connectivity index (χ1v) is 10.5. The summed E-state index contributed by atoms with van der Waals surface area (Å²) in [6.45, 7) is 0.711. The molecule has 3 aromatic rings. The van der Waals surface area contributed by atoms with Crippen molar-refractivity contribution in [2.24, 2.45) is 0 Å². The standard InChI is InChI=1S/C21H21N5O5S/c1-31-14-13-25(20(28)16-7-9-17(10-8-16)26(29)30)12-11-18(27)22-21-24-23-19(32-21)15-5-3-2-4-6-15/h2-10H,11-14H2,1H3,(H,22,24,27). The Labute approximate surface area is 188 Å². The van der Waals surface area contributed by atoms with Gasteiger partial charge in [0.05, 0.1) is 11.5 Å². The zero-order chi connectivity index (χ0) is 22.9. The van der Waals surface area contributed by atoms with Crippen molar-refractivity contribution in [1.82, 2.24) is 15.1 Å². The molecule has 0 bridgehead atoms. The molecule has 1 aromatic heterocycles. The maximum atomic E-state index is 12.8. The second-order valence-corrected chi connectivity index (χ2v) is 7.64. The smallest absolute Gasteiger partial charge is 0.269 e. The van der Waals surface area contributed by atoms with Gasteiger partial charge >= 0.3 is 0 Å². The summed E-state index contributed by atoms with van der Waals surface area (Å²) in [4.78, 5) is 37.0. The van der Waals surface area contributed by atoms with Crippen molar-refractivity contribution in [3.05, 3.63) is 70.3 Å². The highest BCUT2D eigenvalue weighted by Gasteiger charge is 2.18. The van der Waals surface area contributed by atoms with Gasteiger partial charge in [0, 0.05) is 49.9 Å². The summed E-state index contributed by atoms with van der Waals surface area (Å²) in [7, 11) is 1.51. The molecule has 0 aliphatic carbocycles. The molecule has 2 amide bonds. The van der Waals surface area contributed by atoms with Gasteiger partial charge in [-0.15, -0.1) is 10.2 Å². The number of carbonyl (C=O) groups excluding carboxylic acids is 2. The van der Waals surface area contributed by atoms with E-state index in [0.717, 1.165) is 5.56 Å². The number of carbonyl (C=O) groups is 2. The van der Waals surface area contributed by atoms with E-state index in [1.165, 1.54) is 47.6 Å². The van der Waals surface area contributed by atoms with Crippen LogP contribution in [0.5, 0.6) is 0 Å². The van der Waals surface area contributed by atoms with Crippen molar-refractivity contribution in [2.45, 2.75) is 6.42 Å². The van der Waals surface area contributed by atoms with Gasteiger partial charge in [-0.3, -0.25) is 19.7 Å². The fourth-order valence-corrected chi connectivity index (χ4v) is 3.58. The second kappa shape index (κ2) is 11.1. The highest BCUT2D eigenvalue weighted by atomic mass is 32.1. The average molecular weight is 455 g/mol. The lowest BCUT2D eigenvalue weighted by Gasteiger charge is -2.22. The summed E-state index contributed by atoms with van der Waals surface area (Å²) in [5.41, 5.74) is 1.10. The van der Waals surface area contributed by atoms with Gasteiger partial charge in [-0.05, 0) is 12.1 Å². The van der Waals surface area contributed by atoms with Crippen LogP contribution in [-0.2, 0) is 9.53 Å². The summed E-state index contributed by atoms with van der Waals surface area (Å²) in [6.07, 6.45) is 0.0443. The first kappa shape index (κ1) is 23.0. The Morgan fingerprint density at radius 3 is 2.47 bits per heavy atom. The molecule has 0 aliphatic rings. The minimum atomic E-state index is -0.530. The fraction of sp³-hybridized carbons (Fsp3) is 0.238. The summed E-state index contributed by atoms with van der Waals surface area (Å²) >= 11 is 1.26. The van der Waals surface area contributed by atoms with Crippen LogP contribution >= 0.6 is 11.3 Å². The van der Waals surface area contributed by atoms with Crippen molar-refractivity contribution in [1.29, 1.82) is 0 Å². The SMILES string of the molecule is COCCN(CCC(=O)Nc1nnc(-c2ccccc2)s1)C(=O)c1ccc([N+](=O)[O-])cc1. The van der Waals surface area contributed by atoms with Crippen molar-refractivity contribution in [2.75, 3.05) is 32.1 Å². The average Bonchev–Trinajstić information content (AvgIpc) is 3.28. The van der Waals surface area contributed by atoms with Crippen LogP contribution in [-0.4, -0.2) is 58.6 Å². The summed E-state index contributed by atoms with van der Waals surface area (Å²) in [6, 6.07) is 14.8. The molecule has 0 saturated heterocycles. The number of methoxy groups -OCH3 is 1. The maximum Gasteiger partial charge on any atom is 0.269 e. The van der Waals surface area contributed by atoms with Gasteiger partial charge < -0.3 is 15.0 Å². The van der Waals surface area contributed by atoms with Crippen LogP contribution in [0.1, 0.15) is 16.8 Å². The first-order chi connectivity index (χ1) is 15.5. The number of hydrogen-bond acceptors (Lipinski definition) is 8. The van der Waals surface area contributed by atoms with Crippen molar-refractivity contribution in [3.63, 3.8) is 0 Å². The van der Waals surface area contributed by atoms with Crippen LogP contribution in [0.15, 0.2) is 54.6 Å². The minimum Gasteiger partial charge on any atom is -0.383 e. The summed E-state index contributed by atoms with van der Waals surface area (Å²) in [5.74, 6) is -0.647. The summed E-state index contributed by atoms with van der Waals surface area (Å²) < 4.78 is 5.06. The lowest BCUT2D eigenvalue weighted by atomic mass is 10.1. The normalized spacial score (nSPS) is 10.5. The number of benzene rings is 2. The van der Waals surface area contributed by atoms with Crippen molar-refractivity contribution in [3.8, 4) is 10.6 Å². The third-order valence-corrected chi connectivity index (χ3v) is 5.37. The van der Waals surface area contributed by atoms with Gasteiger partial charge in [0.25, 0.3) is 11.6 Å². The molecule has 0 aliphatic heterocycles. The second-order valence-electron chi connectivity index (χ2n) is 6.67. The van der Waals surface area contributed by atoms with Crippen LogP contribution in [0.4, 0.5) is 10.8 Å². The van der Waals surface area contributed by atoms with Crippen molar-refractivity contribution >= 4 is 34.0 Å². The molecule has 10 nitrogen and oxygen atoms in total. The predicted molar refractivity (Wildman–Crippen MR) is 119 cm³/mol. The van der Waals surface area contributed by atoms with Gasteiger partial charge in [-0.2, -0.15) is 0 Å². The predicted octanol–water partition coefficient (Wildman–Crippen LogP) is 3.23. The molecule has 0 spiro atoms. The zero-order valence-electron chi connectivity index (χ0n) is 17.3. The third-order valence-electron chi connectivity index (χ3n) is 4.48. The molecule has 1 heterocycles. The third kappa shape index (κ3) is 6.15. The van der Waals surface area contributed by atoms with Gasteiger partial charge in [0.1, 0.15) is 5.01 Å². The van der Waals surface area contributed by atoms with Crippen LogP contribution in [0.3, 0.4) is 0 Å².